The van der Waals surface area contributed by atoms with Gasteiger partial charge in [-0.1, -0.05) is 25.8 Å². The van der Waals surface area contributed by atoms with E-state index in [1.165, 1.54) is 32.1 Å². The van der Waals surface area contributed by atoms with Crippen LogP contribution in [0.5, 0.6) is 0 Å². The first-order valence-electron chi connectivity index (χ1n) is 10.3. The molecule has 2 aromatic rings. The van der Waals surface area contributed by atoms with E-state index in [4.69, 9.17) is 4.74 Å². The Morgan fingerprint density at radius 3 is 2.76 bits per heavy atom. The van der Waals surface area contributed by atoms with Gasteiger partial charge in [-0.15, -0.1) is 0 Å². The van der Waals surface area contributed by atoms with Crippen LogP contribution in [0.1, 0.15) is 54.5 Å². The molecule has 0 radical (unpaired) electrons. The lowest BCUT2D eigenvalue weighted by atomic mass is 9.96. The molecular weight excluding hydrogens is 367 g/mol. The average Bonchev–Trinajstić information content (AvgIpc) is 2.77. The number of hydrogen-bond acceptors (Lipinski definition) is 5. The maximum atomic E-state index is 11.7. The van der Waals surface area contributed by atoms with Gasteiger partial charge >= 0.3 is 0 Å². The van der Waals surface area contributed by atoms with Gasteiger partial charge in [0, 0.05) is 40.1 Å². The molecule has 1 fully saturated rings. The molecule has 0 atom stereocenters. The minimum absolute atomic E-state index is 0. The first-order chi connectivity index (χ1) is 14.1. The maximum absolute atomic E-state index is 11.7. The fraction of sp³-hybridized carbons (Fsp3) is 0.478. The van der Waals surface area contributed by atoms with Gasteiger partial charge in [0.2, 0.25) is 0 Å². The Morgan fingerprint density at radius 2 is 2.10 bits per heavy atom. The number of alkyl halides is 1. The molecule has 0 bridgehead atoms. The molecule has 0 unspecified atom stereocenters. The average molecular weight is 405 g/mol. The minimum Gasteiger partial charge on any atom is -0.461 e. The largest absolute Gasteiger partial charge is 0.461 e. The second-order valence-corrected chi connectivity index (χ2v) is 7.11. The maximum Gasteiger partial charge on any atom is 0.145 e. The van der Waals surface area contributed by atoms with Crippen LogP contribution in [-0.4, -0.2) is 36.3 Å². The van der Waals surface area contributed by atoms with Crippen LogP contribution in [0.25, 0.3) is 16.7 Å². The van der Waals surface area contributed by atoms with Gasteiger partial charge in [0.05, 0.1) is 11.3 Å². The highest BCUT2D eigenvalue weighted by molar-refractivity contribution is 5.81. The Balaban J connectivity index is 0.000000643. The molecule has 1 aliphatic carbocycles. The first kappa shape index (κ1) is 22.8. The van der Waals surface area contributed by atoms with Gasteiger partial charge in [-0.3, -0.25) is 0 Å². The number of ether oxygens (including phenoxy) is 1. The number of pyridine rings is 2. The highest BCUT2D eigenvalue weighted by atomic mass is 19.1. The van der Waals surface area contributed by atoms with Crippen molar-refractivity contribution >= 4 is 22.5 Å². The molecule has 0 amide bonds. The third-order valence-corrected chi connectivity index (χ3v) is 4.94. The Morgan fingerprint density at radius 1 is 1.34 bits per heavy atom. The predicted octanol–water partition coefficient (Wildman–Crippen LogP) is 5.95. The van der Waals surface area contributed by atoms with E-state index >= 15 is 0 Å². The lowest BCUT2D eigenvalue weighted by Gasteiger charge is -2.21. The molecule has 2 aromatic heterocycles. The number of nitrogens with one attached hydrogen (secondary N) is 2. The second kappa shape index (κ2) is 12.2. The van der Waals surface area contributed by atoms with Crippen molar-refractivity contribution in [1.82, 2.24) is 15.3 Å². The van der Waals surface area contributed by atoms with Crippen LogP contribution in [-0.2, 0) is 4.74 Å². The lowest BCUT2D eigenvalue weighted by Crippen LogP contribution is -2.32. The number of aromatic nitrogens is 2. The van der Waals surface area contributed by atoms with E-state index in [2.05, 4.69) is 27.2 Å². The van der Waals surface area contributed by atoms with E-state index in [0.29, 0.717) is 18.3 Å². The lowest BCUT2D eigenvalue weighted by molar-refractivity contribution is 0.353. The number of halogens is 1. The Bertz CT molecular complexity index is 826. The molecule has 0 aromatic carbocycles. The molecular formula is C23H37FN4O. The first-order valence-corrected chi connectivity index (χ1v) is 10.3. The standard InChI is InChI=1S/C15H17N3O.C8H16FN.2H2/c1-5-10(2)19-11(3)13-7-6-12-9-17-15(16-4)8-14(12)18-13;9-6-7-10-8-4-2-1-3-5-8;;/h5-9H,3H2,1-2,4H3,(H,16,17);8,10H,1-7H2;2*1H/b10-5+;;;. The van der Waals surface area contributed by atoms with Crippen molar-refractivity contribution in [3.8, 4) is 0 Å². The van der Waals surface area contributed by atoms with Crippen molar-refractivity contribution in [3.05, 3.63) is 48.5 Å². The molecule has 0 spiro atoms. The number of allylic oxidation sites excluding steroid dienone is 2. The zero-order chi connectivity index (χ0) is 21.1. The van der Waals surface area contributed by atoms with Crippen molar-refractivity contribution < 1.29 is 12.0 Å². The summed E-state index contributed by atoms with van der Waals surface area (Å²) >= 11 is 0. The second-order valence-electron chi connectivity index (χ2n) is 7.11. The normalized spacial score (nSPS) is 14.8. The molecule has 162 valence electrons. The van der Waals surface area contributed by atoms with Gasteiger partial charge < -0.3 is 15.4 Å². The molecule has 29 heavy (non-hydrogen) atoms. The molecule has 6 heteroatoms. The summed E-state index contributed by atoms with van der Waals surface area (Å²) in [4.78, 5) is 8.79. The van der Waals surface area contributed by atoms with Crippen LogP contribution in [0.3, 0.4) is 0 Å². The summed E-state index contributed by atoms with van der Waals surface area (Å²) < 4.78 is 17.2. The minimum atomic E-state index is -0.226. The van der Waals surface area contributed by atoms with E-state index in [0.717, 1.165) is 28.2 Å². The van der Waals surface area contributed by atoms with E-state index in [9.17, 15) is 4.39 Å². The summed E-state index contributed by atoms with van der Waals surface area (Å²) in [5.41, 5.74) is 1.58. The quantitative estimate of drug-likeness (QED) is 0.558. The zero-order valence-corrected chi connectivity index (χ0v) is 17.8. The summed E-state index contributed by atoms with van der Waals surface area (Å²) in [6.07, 6.45) is 10.2. The Hall–Kier alpha value is -2.47. The summed E-state index contributed by atoms with van der Waals surface area (Å²) in [7, 11) is 1.83. The Kier molecular flexibility index (Phi) is 9.57. The fourth-order valence-corrected chi connectivity index (χ4v) is 3.18. The van der Waals surface area contributed by atoms with Crippen LogP contribution < -0.4 is 10.6 Å². The summed E-state index contributed by atoms with van der Waals surface area (Å²) in [6, 6.07) is 6.36. The summed E-state index contributed by atoms with van der Waals surface area (Å²) in [5, 5.41) is 7.18. The van der Waals surface area contributed by atoms with Gasteiger partial charge in [0.25, 0.3) is 0 Å². The fourth-order valence-electron chi connectivity index (χ4n) is 3.18. The number of nitrogens with zero attached hydrogens (tertiary/aromatic N) is 2. The van der Waals surface area contributed by atoms with Gasteiger partial charge in [-0.2, -0.15) is 0 Å². The van der Waals surface area contributed by atoms with Crippen molar-refractivity contribution in [3.63, 3.8) is 0 Å². The third-order valence-electron chi connectivity index (χ3n) is 4.94. The van der Waals surface area contributed by atoms with E-state index < -0.39 is 0 Å². The van der Waals surface area contributed by atoms with Crippen LogP contribution in [0.2, 0.25) is 0 Å². The van der Waals surface area contributed by atoms with Gasteiger partial charge in [-0.25, -0.2) is 14.4 Å². The molecule has 1 aliphatic rings. The molecule has 3 rings (SSSR count). The van der Waals surface area contributed by atoms with Crippen molar-refractivity contribution in [1.29, 1.82) is 0 Å². The summed E-state index contributed by atoms with van der Waals surface area (Å²) in [6.45, 7) is 8.03. The molecule has 2 N–H and O–H groups in total. The van der Waals surface area contributed by atoms with Crippen LogP contribution in [0.15, 0.2) is 42.8 Å². The third kappa shape index (κ3) is 7.46. The molecule has 1 saturated carbocycles. The summed E-state index contributed by atoms with van der Waals surface area (Å²) in [5.74, 6) is 2.13. The van der Waals surface area contributed by atoms with Gasteiger partial charge in [0.15, 0.2) is 0 Å². The molecule has 0 aliphatic heterocycles. The monoisotopic (exact) mass is 404 g/mol. The van der Waals surface area contributed by atoms with Crippen LogP contribution in [0, 0.1) is 0 Å². The molecule has 0 saturated heterocycles. The van der Waals surface area contributed by atoms with Crippen LogP contribution >= 0.6 is 0 Å². The van der Waals surface area contributed by atoms with Crippen molar-refractivity contribution in [2.24, 2.45) is 0 Å². The number of hydrogen-bond donors (Lipinski definition) is 2. The SMILES string of the molecule is C=C(O/C(C)=C/C)c1ccc2cnc(NC)cc2n1.FCCNC1CCCCC1.[HH].[HH]. The van der Waals surface area contributed by atoms with Crippen molar-refractivity contribution in [2.45, 2.75) is 52.0 Å². The van der Waals surface area contributed by atoms with Gasteiger partial charge in [0.1, 0.15) is 23.9 Å². The highest BCUT2D eigenvalue weighted by Gasteiger charge is 2.11. The Labute approximate surface area is 176 Å². The number of fused-ring (bicyclic) bond motifs is 1. The molecule has 5 nitrogen and oxygen atoms in total. The predicted molar refractivity (Wildman–Crippen MR) is 124 cm³/mol. The van der Waals surface area contributed by atoms with E-state index in [1.807, 2.05) is 45.2 Å². The zero-order valence-electron chi connectivity index (χ0n) is 17.8. The van der Waals surface area contributed by atoms with Crippen molar-refractivity contribution in [2.75, 3.05) is 25.6 Å². The van der Waals surface area contributed by atoms with E-state index in [1.54, 1.807) is 6.20 Å². The highest BCUT2D eigenvalue weighted by Crippen LogP contribution is 2.20. The topological polar surface area (TPSA) is 59.1 Å². The van der Waals surface area contributed by atoms with E-state index in [-0.39, 0.29) is 9.53 Å². The smallest absolute Gasteiger partial charge is 0.145 e. The van der Waals surface area contributed by atoms with Crippen LogP contribution in [0.4, 0.5) is 10.2 Å². The number of anilines is 1. The van der Waals surface area contributed by atoms with Gasteiger partial charge in [-0.05, 0) is 44.9 Å². The number of rotatable bonds is 7. The molecule has 2 heterocycles.